The average molecular weight is 238 g/mol. The molecule has 0 saturated carbocycles. The highest BCUT2D eigenvalue weighted by Gasteiger charge is 2.19. The second-order valence-corrected chi connectivity index (χ2v) is 4.24. The monoisotopic (exact) mass is 238 g/mol. The molecule has 0 bridgehead atoms. The summed E-state index contributed by atoms with van der Waals surface area (Å²) in [6, 6.07) is 2.34. The van der Waals surface area contributed by atoms with Crippen molar-refractivity contribution in [2.24, 2.45) is 0 Å². The van der Waals surface area contributed by atoms with Gasteiger partial charge in [-0.15, -0.1) is 0 Å². The fourth-order valence-corrected chi connectivity index (χ4v) is 2.19. The molecule has 0 spiro atoms. The number of halogens is 2. The minimum atomic E-state index is -0.852. The number of nitrogens with zero attached hydrogens (tertiary/aromatic N) is 2. The molecule has 2 heterocycles. The maximum atomic E-state index is 13.2. The first-order valence-electron chi connectivity index (χ1n) is 5.69. The normalized spacial score (nSPS) is 20.9. The molecule has 1 unspecified atom stereocenters. The van der Waals surface area contributed by atoms with Crippen molar-refractivity contribution in [2.75, 3.05) is 6.61 Å². The zero-order chi connectivity index (χ0) is 11.8. The van der Waals surface area contributed by atoms with Gasteiger partial charge < -0.3 is 4.74 Å². The van der Waals surface area contributed by atoms with Crippen molar-refractivity contribution in [3.05, 3.63) is 30.0 Å². The molecule has 1 atom stereocenters. The zero-order valence-electron chi connectivity index (χ0n) is 9.20. The highest BCUT2D eigenvalue weighted by atomic mass is 19.2. The summed E-state index contributed by atoms with van der Waals surface area (Å²) < 4.78 is 33.5. The van der Waals surface area contributed by atoms with E-state index in [0.29, 0.717) is 17.5 Å². The van der Waals surface area contributed by atoms with Crippen LogP contribution in [0.2, 0.25) is 0 Å². The highest BCUT2D eigenvalue weighted by molar-refractivity contribution is 5.78. The van der Waals surface area contributed by atoms with Gasteiger partial charge in [0.1, 0.15) is 0 Å². The summed E-state index contributed by atoms with van der Waals surface area (Å²) in [7, 11) is 0. The summed E-state index contributed by atoms with van der Waals surface area (Å²) in [6.07, 6.45) is 4.34. The number of hydrogen-bond acceptors (Lipinski definition) is 2. The van der Waals surface area contributed by atoms with E-state index in [9.17, 15) is 8.78 Å². The van der Waals surface area contributed by atoms with Gasteiger partial charge in [-0.05, 0) is 25.3 Å². The quantitative estimate of drug-likeness (QED) is 0.763. The fraction of sp³-hybridized carbons (Fsp3) is 0.417. The minimum absolute atomic E-state index is 0.161. The smallest absolute Gasteiger partial charge is 0.161 e. The highest BCUT2D eigenvalue weighted by Crippen LogP contribution is 2.27. The Morgan fingerprint density at radius 3 is 2.82 bits per heavy atom. The summed E-state index contributed by atoms with van der Waals surface area (Å²) in [6.45, 7) is 0.690. The predicted octanol–water partition coefficient (Wildman–Crippen LogP) is 3.01. The Morgan fingerprint density at radius 2 is 2.06 bits per heavy atom. The lowest BCUT2D eigenvalue weighted by Crippen LogP contribution is -2.19. The Labute approximate surface area is 97.0 Å². The van der Waals surface area contributed by atoms with Crippen molar-refractivity contribution in [1.29, 1.82) is 0 Å². The number of ether oxygens (including phenoxy) is 1. The maximum Gasteiger partial charge on any atom is 0.161 e. The molecular weight excluding hydrogens is 226 g/mol. The van der Waals surface area contributed by atoms with E-state index in [1.54, 1.807) is 4.68 Å². The van der Waals surface area contributed by atoms with E-state index in [-0.39, 0.29) is 6.23 Å². The van der Waals surface area contributed by atoms with Gasteiger partial charge in [-0.25, -0.2) is 13.5 Å². The number of benzene rings is 1. The molecule has 17 heavy (non-hydrogen) atoms. The maximum absolute atomic E-state index is 13.2. The Balaban J connectivity index is 2.07. The lowest BCUT2D eigenvalue weighted by atomic mass is 10.2. The van der Waals surface area contributed by atoms with Gasteiger partial charge in [0.25, 0.3) is 0 Å². The predicted molar refractivity (Wildman–Crippen MR) is 58.5 cm³/mol. The molecule has 0 aliphatic carbocycles. The van der Waals surface area contributed by atoms with Crippen LogP contribution in [0.3, 0.4) is 0 Å². The summed E-state index contributed by atoms with van der Waals surface area (Å²) >= 11 is 0. The SMILES string of the molecule is Fc1cc2cnn(C3CCCCO3)c2cc1F. The van der Waals surface area contributed by atoms with Crippen molar-refractivity contribution in [2.45, 2.75) is 25.5 Å². The summed E-state index contributed by atoms with van der Waals surface area (Å²) in [5.41, 5.74) is 0.579. The molecule has 1 saturated heterocycles. The van der Waals surface area contributed by atoms with Crippen LogP contribution in [-0.2, 0) is 4.74 Å². The summed E-state index contributed by atoms with van der Waals surface area (Å²) in [5, 5.41) is 4.75. The van der Waals surface area contributed by atoms with Crippen molar-refractivity contribution in [3.63, 3.8) is 0 Å². The first kappa shape index (κ1) is 10.7. The van der Waals surface area contributed by atoms with Gasteiger partial charge in [0, 0.05) is 18.1 Å². The van der Waals surface area contributed by atoms with E-state index in [2.05, 4.69) is 5.10 Å². The van der Waals surface area contributed by atoms with E-state index in [1.165, 1.54) is 12.3 Å². The molecule has 1 aromatic heterocycles. The van der Waals surface area contributed by atoms with E-state index < -0.39 is 11.6 Å². The third-order valence-electron chi connectivity index (χ3n) is 3.07. The van der Waals surface area contributed by atoms with Crippen molar-refractivity contribution < 1.29 is 13.5 Å². The largest absolute Gasteiger partial charge is 0.356 e. The Hall–Kier alpha value is -1.49. The molecule has 0 N–H and O–H groups in total. The third kappa shape index (κ3) is 1.80. The van der Waals surface area contributed by atoms with Crippen LogP contribution in [-0.4, -0.2) is 16.4 Å². The number of rotatable bonds is 1. The molecule has 1 fully saturated rings. The molecule has 1 aliphatic rings. The molecule has 90 valence electrons. The van der Waals surface area contributed by atoms with E-state index in [0.717, 1.165) is 25.3 Å². The van der Waals surface area contributed by atoms with Crippen LogP contribution in [0.5, 0.6) is 0 Å². The standard InChI is InChI=1S/C12H12F2N2O/c13-9-5-8-7-15-16(11(8)6-10(9)14)12-3-1-2-4-17-12/h5-7,12H,1-4H2. The zero-order valence-corrected chi connectivity index (χ0v) is 9.20. The molecule has 3 nitrogen and oxygen atoms in total. The van der Waals surface area contributed by atoms with Gasteiger partial charge in [-0.2, -0.15) is 5.10 Å². The van der Waals surface area contributed by atoms with Gasteiger partial charge in [0.2, 0.25) is 0 Å². The molecule has 0 radical (unpaired) electrons. The van der Waals surface area contributed by atoms with Crippen LogP contribution in [0, 0.1) is 11.6 Å². The second-order valence-electron chi connectivity index (χ2n) is 4.24. The lowest BCUT2D eigenvalue weighted by Gasteiger charge is -2.23. The van der Waals surface area contributed by atoms with Gasteiger partial charge in [0.15, 0.2) is 17.9 Å². The number of fused-ring (bicyclic) bond motifs is 1. The molecule has 1 aromatic carbocycles. The molecule has 3 rings (SSSR count). The first-order valence-corrected chi connectivity index (χ1v) is 5.69. The topological polar surface area (TPSA) is 27.1 Å². The fourth-order valence-electron chi connectivity index (χ4n) is 2.19. The number of hydrogen-bond donors (Lipinski definition) is 0. The summed E-state index contributed by atoms with van der Waals surface area (Å²) in [5.74, 6) is -1.70. The minimum Gasteiger partial charge on any atom is -0.356 e. The van der Waals surface area contributed by atoms with Gasteiger partial charge in [-0.3, -0.25) is 0 Å². The van der Waals surface area contributed by atoms with E-state index in [1.807, 2.05) is 0 Å². The van der Waals surface area contributed by atoms with Crippen molar-refractivity contribution in [1.82, 2.24) is 9.78 Å². The van der Waals surface area contributed by atoms with Crippen LogP contribution in [0.25, 0.3) is 10.9 Å². The van der Waals surface area contributed by atoms with Crippen molar-refractivity contribution >= 4 is 10.9 Å². The Kier molecular flexibility index (Phi) is 2.55. The van der Waals surface area contributed by atoms with Gasteiger partial charge in [0.05, 0.1) is 11.7 Å². The Bertz CT molecular complexity index is 547. The lowest BCUT2D eigenvalue weighted by molar-refractivity contribution is -0.0367. The molecule has 0 amide bonds. The average Bonchev–Trinajstić information content (AvgIpc) is 2.74. The number of aromatic nitrogens is 2. The Morgan fingerprint density at radius 1 is 1.24 bits per heavy atom. The molecule has 2 aromatic rings. The van der Waals surface area contributed by atoms with Gasteiger partial charge in [-0.1, -0.05) is 0 Å². The van der Waals surface area contributed by atoms with E-state index >= 15 is 0 Å². The van der Waals surface area contributed by atoms with Gasteiger partial charge >= 0.3 is 0 Å². The van der Waals surface area contributed by atoms with E-state index in [4.69, 9.17) is 4.74 Å². The van der Waals surface area contributed by atoms with Crippen LogP contribution in [0.4, 0.5) is 8.78 Å². The first-order chi connectivity index (χ1) is 8.25. The van der Waals surface area contributed by atoms with Crippen LogP contribution >= 0.6 is 0 Å². The molecular formula is C12H12F2N2O. The van der Waals surface area contributed by atoms with Crippen molar-refractivity contribution in [3.8, 4) is 0 Å². The van der Waals surface area contributed by atoms with Crippen LogP contribution in [0.1, 0.15) is 25.5 Å². The molecule has 5 heteroatoms. The summed E-state index contributed by atoms with van der Waals surface area (Å²) in [4.78, 5) is 0. The van der Waals surface area contributed by atoms with Crippen LogP contribution in [0.15, 0.2) is 18.3 Å². The second kappa shape index (κ2) is 4.07. The third-order valence-corrected chi connectivity index (χ3v) is 3.07. The van der Waals surface area contributed by atoms with Crippen LogP contribution < -0.4 is 0 Å². The molecule has 1 aliphatic heterocycles.